The number of hydrazine groups is 1. The lowest BCUT2D eigenvalue weighted by Gasteiger charge is -2.17. The molecular formula is C19H25N3O2. The Balaban J connectivity index is 1.75. The number of carbonyl (C=O) groups is 1. The maximum Gasteiger partial charge on any atom is 0.265 e. The van der Waals surface area contributed by atoms with Crippen molar-refractivity contribution in [1.82, 2.24) is 10.7 Å². The highest BCUT2D eigenvalue weighted by molar-refractivity contribution is 5.93. The van der Waals surface area contributed by atoms with Crippen LogP contribution >= 0.6 is 0 Å². The first kappa shape index (κ1) is 18.1. The molecule has 5 nitrogen and oxygen atoms in total. The smallest absolute Gasteiger partial charge is 0.265 e. The fourth-order valence-corrected chi connectivity index (χ4v) is 2.50. The van der Waals surface area contributed by atoms with Gasteiger partial charge in [0.1, 0.15) is 0 Å². The molecule has 0 aliphatic rings. The van der Waals surface area contributed by atoms with Crippen LogP contribution in [0.5, 0.6) is 0 Å². The molecule has 0 fully saturated rings. The molecule has 0 aliphatic heterocycles. The van der Waals surface area contributed by atoms with E-state index in [0.29, 0.717) is 12.1 Å². The molecule has 0 saturated carbocycles. The van der Waals surface area contributed by atoms with Gasteiger partial charge in [0.05, 0.1) is 6.10 Å². The van der Waals surface area contributed by atoms with Crippen LogP contribution in [0.2, 0.25) is 0 Å². The molecule has 0 aliphatic carbocycles. The van der Waals surface area contributed by atoms with Gasteiger partial charge in [-0.2, -0.15) is 0 Å². The molecule has 5 heteroatoms. The average molecular weight is 327 g/mol. The first-order valence-electron chi connectivity index (χ1n) is 8.16. The van der Waals surface area contributed by atoms with E-state index in [1.165, 1.54) is 5.56 Å². The summed E-state index contributed by atoms with van der Waals surface area (Å²) >= 11 is 0. The molecule has 0 aromatic heterocycles. The molecule has 2 aromatic rings. The fraction of sp³-hybridized carbons (Fsp3) is 0.316. The van der Waals surface area contributed by atoms with Crippen molar-refractivity contribution >= 4 is 5.91 Å². The summed E-state index contributed by atoms with van der Waals surface area (Å²) in [6.07, 6.45) is 1.35. The maximum absolute atomic E-state index is 11.4. The standard InChI is InChI=1S/C19H25N3O2/c1-14(21-13-18(23)16-5-3-2-4-6-16)7-8-15-9-11-17(12-10-15)19(24)22-20/h2-6,9-12,14,18,21,23H,7-8,13,20H2,1H3,(H,22,24)/t14-,18-/m1/s1. The Morgan fingerprint density at radius 3 is 2.42 bits per heavy atom. The van der Waals surface area contributed by atoms with Gasteiger partial charge in [-0.1, -0.05) is 42.5 Å². The van der Waals surface area contributed by atoms with Gasteiger partial charge in [-0.05, 0) is 43.0 Å². The molecule has 0 bridgehead atoms. The average Bonchev–Trinajstić information content (AvgIpc) is 2.64. The van der Waals surface area contributed by atoms with Gasteiger partial charge in [0, 0.05) is 18.2 Å². The van der Waals surface area contributed by atoms with Gasteiger partial charge in [-0.15, -0.1) is 0 Å². The monoisotopic (exact) mass is 327 g/mol. The number of benzene rings is 2. The van der Waals surface area contributed by atoms with Crippen LogP contribution in [-0.2, 0) is 6.42 Å². The summed E-state index contributed by atoms with van der Waals surface area (Å²) in [5.41, 5.74) is 4.76. The third kappa shape index (κ3) is 5.45. The lowest BCUT2D eigenvalue weighted by Crippen LogP contribution is -2.31. The Labute approximate surface area is 142 Å². The Bertz CT molecular complexity index is 629. The second kappa shape index (κ2) is 9.17. The zero-order valence-corrected chi connectivity index (χ0v) is 13.9. The molecule has 128 valence electrons. The Morgan fingerprint density at radius 2 is 1.79 bits per heavy atom. The van der Waals surface area contributed by atoms with Crippen LogP contribution in [-0.4, -0.2) is 23.6 Å². The van der Waals surface area contributed by atoms with Crippen molar-refractivity contribution < 1.29 is 9.90 Å². The number of nitrogen functional groups attached to an aromatic ring is 1. The molecule has 1 amide bonds. The van der Waals surface area contributed by atoms with Crippen LogP contribution in [0.15, 0.2) is 54.6 Å². The molecule has 0 heterocycles. The summed E-state index contributed by atoms with van der Waals surface area (Å²) in [7, 11) is 0. The van der Waals surface area contributed by atoms with Crippen LogP contribution in [0.1, 0.15) is 40.9 Å². The van der Waals surface area contributed by atoms with E-state index in [4.69, 9.17) is 5.84 Å². The van der Waals surface area contributed by atoms with E-state index in [0.717, 1.165) is 18.4 Å². The van der Waals surface area contributed by atoms with Crippen molar-refractivity contribution in [1.29, 1.82) is 0 Å². The van der Waals surface area contributed by atoms with Crippen molar-refractivity contribution in [3.63, 3.8) is 0 Å². The Kier molecular flexibility index (Phi) is 6.93. The maximum atomic E-state index is 11.4. The van der Waals surface area contributed by atoms with Crippen molar-refractivity contribution in [3.8, 4) is 0 Å². The van der Waals surface area contributed by atoms with Gasteiger partial charge in [-0.25, -0.2) is 5.84 Å². The van der Waals surface area contributed by atoms with E-state index in [9.17, 15) is 9.90 Å². The minimum absolute atomic E-state index is 0.286. The number of nitrogens with two attached hydrogens (primary N) is 1. The van der Waals surface area contributed by atoms with Crippen LogP contribution in [0.3, 0.4) is 0 Å². The van der Waals surface area contributed by atoms with Crippen LogP contribution in [0, 0.1) is 0 Å². The van der Waals surface area contributed by atoms with Crippen molar-refractivity contribution in [3.05, 3.63) is 71.3 Å². The number of hydrogen-bond acceptors (Lipinski definition) is 4. The van der Waals surface area contributed by atoms with Gasteiger partial charge < -0.3 is 10.4 Å². The largest absolute Gasteiger partial charge is 0.387 e. The minimum Gasteiger partial charge on any atom is -0.387 e. The predicted molar refractivity (Wildman–Crippen MR) is 95.3 cm³/mol. The van der Waals surface area contributed by atoms with Crippen molar-refractivity contribution in [2.24, 2.45) is 5.84 Å². The molecule has 24 heavy (non-hydrogen) atoms. The highest BCUT2D eigenvalue weighted by Gasteiger charge is 2.09. The van der Waals surface area contributed by atoms with E-state index < -0.39 is 6.10 Å². The lowest BCUT2D eigenvalue weighted by atomic mass is 10.0. The SMILES string of the molecule is C[C@H](CCc1ccc(C(=O)NN)cc1)NC[C@@H](O)c1ccccc1. The van der Waals surface area contributed by atoms with Gasteiger partial charge >= 0.3 is 0 Å². The summed E-state index contributed by atoms with van der Waals surface area (Å²) in [6.45, 7) is 2.63. The predicted octanol–water partition coefficient (Wildman–Crippen LogP) is 1.93. The molecular weight excluding hydrogens is 302 g/mol. The van der Waals surface area contributed by atoms with Gasteiger partial charge in [0.25, 0.3) is 5.91 Å². The molecule has 5 N–H and O–H groups in total. The van der Waals surface area contributed by atoms with Crippen LogP contribution in [0.25, 0.3) is 0 Å². The Morgan fingerprint density at radius 1 is 1.12 bits per heavy atom. The van der Waals surface area contributed by atoms with E-state index in [2.05, 4.69) is 17.7 Å². The van der Waals surface area contributed by atoms with Crippen LogP contribution in [0.4, 0.5) is 0 Å². The third-order valence-electron chi connectivity index (χ3n) is 4.06. The summed E-state index contributed by atoms with van der Waals surface area (Å²) in [4.78, 5) is 11.4. The molecule has 2 aromatic carbocycles. The molecule has 0 spiro atoms. The fourth-order valence-electron chi connectivity index (χ4n) is 2.50. The van der Waals surface area contributed by atoms with E-state index >= 15 is 0 Å². The zero-order valence-electron chi connectivity index (χ0n) is 13.9. The van der Waals surface area contributed by atoms with Crippen molar-refractivity contribution in [2.45, 2.75) is 31.9 Å². The molecule has 0 radical (unpaired) electrons. The zero-order chi connectivity index (χ0) is 17.4. The summed E-state index contributed by atoms with van der Waals surface area (Å²) in [6, 6.07) is 17.4. The number of carbonyl (C=O) groups excluding carboxylic acids is 1. The second-order valence-electron chi connectivity index (χ2n) is 5.94. The number of hydrogen-bond donors (Lipinski definition) is 4. The first-order valence-corrected chi connectivity index (χ1v) is 8.16. The number of amides is 1. The van der Waals surface area contributed by atoms with Gasteiger partial charge in [-0.3, -0.25) is 10.2 Å². The molecule has 0 unspecified atom stereocenters. The first-order chi connectivity index (χ1) is 11.6. The van der Waals surface area contributed by atoms with E-state index in [-0.39, 0.29) is 11.9 Å². The van der Waals surface area contributed by atoms with E-state index in [1.807, 2.05) is 42.5 Å². The van der Waals surface area contributed by atoms with Gasteiger partial charge in [0.2, 0.25) is 0 Å². The van der Waals surface area contributed by atoms with Gasteiger partial charge in [0.15, 0.2) is 0 Å². The number of aryl methyl sites for hydroxylation is 1. The highest BCUT2D eigenvalue weighted by atomic mass is 16.3. The second-order valence-corrected chi connectivity index (χ2v) is 5.94. The molecule has 2 rings (SSSR count). The number of nitrogens with one attached hydrogen (secondary N) is 2. The summed E-state index contributed by atoms with van der Waals surface area (Å²) in [5, 5.41) is 13.5. The molecule has 2 atom stereocenters. The minimum atomic E-state index is -0.497. The van der Waals surface area contributed by atoms with E-state index in [1.54, 1.807) is 12.1 Å². The Hall–Kier alpha value is -2.21. The number of aliphatic hydroxyl groups is 1. The van der Waals surface area contributed by atoms with Crippen LogP contribution < -0.4 is 16.6 Å². The topological polar surface area (TPSA) is 87.4 Å². The van der Waals surface area contributed by atoms with Crippen molar-refractivity contribution in [2.75, 3.05) is 6.54 Å². The highest BCUT2D eigenvalue weighted by Crippen LogP contribution is 2.12. The number of aliphatic hydroxyl groups excluding tert-OH is 1. The lowest BCUT2D eigenvalue weighted by molar-refractivity contribution is 0.0953. The third-order valence-corrected chi connectivity index (χ3v) is 4.06. The number of rotatable bonds is 8. The normalized spacial score (nSPS) is 13.3. The quantitative estimate of drug-likeness (QED) is 0.339. The summed E-state index contributed by atoms with van der Waals surface area (Å²) < 4.78 is 0. The summed E-state index contributed by atoms with van der Waals surface area (Å²) in [5.74, 6) is 4.83. The molecule has 0 saturated heterocycles.